The van der Waals surface area contributed by atoms with Crippen LogP contribution in [0, 0.1) is 0 Å². The second-order valence-corrected chi connectivity index (χ2v) is 7.12. The molecule has 0 aliphatic heterocycles. The first-order valence-electron chi connectivity index (χ1n) is 10.2. The number of rotatable bonds is 12. The Hall–Kier alpha value is -2.25. The maximum Gasteiger partial charge on any atom is 0.323 e. The normalized spacial score (nSPS) is 13.7. The second kappa shape index (κ2) is 11.1. The first-order valence-corrected chi connectivity index (χ1v) is 10.2. The summed E-state index contributed by atoms with van der Waals surface area (Å²) in [6.45, 7) is 2.93. The van der Waals surface area contributed by atoms with Crippen LogP contribution in [0.15, 0.2) is 48.5 Å². The van der Waals surface area contributed by atoms with Crippen LogP contribution in [-0.4, -0.2) is 51.6 Å². The van der Waals surface area contributed by atoms with E-state index in [0.717, 1.165) is 6.42 Å². The number of hydrogen-bond acceptors (Lipinski definition) is 6. The fourth-order valence-electron chi connectivity index (χ4n) is 3.55. The lowest BCUT2D eigenvalue weighted by Crippen LogP contribution is -2.34. The lowest BCUT2D eigenvalue weighted by atomic mass is 9.98. The maximum atomic E-state index is 12.3. The van der Waals surface area contributed by atoms with E-state index in [4.69, 9.17) is 25.7 Å². The molecular weight excluding hydrogens is 368 g/mol. The highest BCUT2D eigenvalue weighted by Crippen LogP contribution is 2.44. The Bertz CT molecular complexity index is 750. The molecular formula is C23H30N2O4. The molecule has 0 bridgehead atoms. The standard InChI is InChI=1S/C23H30N2O4/c24-11-5-12-27-14-15-28-13-10-22(25)23(26)29-16-21-19-8-3-1-6-17(19)18-7-2-4-9-20(18)21/h1-4,6-9,21-22H,5,10-16,24-25H2. The van der Waals surface area contributed by atoms with E-state index in [0.29, 0.717) is 39.4 Å². The molecule has 2 aromatic rings. The van der Waals surface area contributed by atoms with Gasteiger partial charge in [0.15, 0.2) is 0 Å². The van der Waals surface area contributed by atoms with Gasteiger partial charge in [-0.25, -0.2) is 0 Å². The fourth-order valence-corrected chi connectivity index (χ4v) is 3.55. The third-order valence-electron chi connectivity index (χ3n) is 5.10. The molecule has 0 saturated carbocycles. The van der Waals surface area contributed by atoms with Gasteiger partial charge in [0.05, 0.1) is 13.2 Å². The molecule has 1 aliphatic carbocycles. The zero-order chi connectivity index (χ0) is 20.5. The first kappa shape index (κ1) is 21.5. The van der Waals surface area contributed by atoms with E-state index in [9.17, 15) is 4.79 Å². The van der Waals surface area contributed by atoms with Crippen LogP contribution in [-0.2, 0) is 19.0 Å². The SMILES string of the molecule is NCCCOCCOCCC(N)C(=O)OCC1c2ccccc2-c2ccccc21. The summed E-state index contributed by atoms with van der Waals surface area (Å²) >= 11 is 0. The number of carbonyl (C=O) groups is 1. The van der Waals surface area contributed by atoms with Gasteiger partial charge in [-0.2, -0.15) is 0 Å². The van der Waals surface area contributed by atoms with Gasteiger partial charge in [0.2, 0.25) is 0 Å². The summed E-state index contributed by atoms with van der Waals surface area (Å²) in [6.07, 6.45) is 1.26. The van der Waals surface area contributed by atoms with Crippen molar-refractivity contribution in [2.75, 3.05) is 39.6 Å². The van der Waals surface area contributed by atoms with Gasteiger partial charge in [0, 0.05) is 19.1 Å². The number of hydrogen-bond donors (Lipinski definition) is 2. The van der Waals surface area contributed by atoms with Crippen LogP contribution >= 0.6 is 0 Å². The zero-order valence-electron chi connectivity index (χ0n) is 16.7. The fraction of sp³-hybridized carbons (Fsp3) is 0.435. The van der Waals surface area contributed by atoms with E-state index < -0.39 is 12.0 Å². The Morgan fingerprint density at radius 3 is 2.10 bits per heavy atom. The number of esters is 1. The van der Waals surface area contributed by atoms with E-state index in [1.807, 2.05) is 24.3 Å². The second-order valence-electron chi connectivity index (χ2n) is 7.12. The molecule has 156 valence electrons. The maximum absolute atomic E-state index is 12.3. The van der Waals surface area contributed by atoms with E-state index in [1.54, 1.807) is 0 Å². The van der Waals surface area contributed by atoms with Crippen molar-refractivity contribution in [2.45, 2.75) is 24.8 Å². The van der Waals surface area contributed by atoms with Gasteiger partial charge in [-0.05, 0) is 41.6 Å². The van der Waals surface area contributed by atoms with Crippen LogP contribution < -0.4 is 11.5 Å². The molecule has 6 nitrogen and oxygen atoms in total. The molecule has 0 spiro atoms. The van der Waals surface area contributed by atoms with Gasteiger partial charge in [0.1, 0.15) is 12.6 Å². The molecule has 1 unspecified atom stereocenters. The van der Waals surface area contributed by atoms with Crippen molar-refractivity contribution < 1.29 is 19.0 Å². The third kappa shape index (κ3) is 5.64. The summed E-state index contributed by atoms with van der Waals surface area (Å²) in [5, 5.41) is 0. The van der Waals surface area contributed by atoms with Crippen LogP contribution in [0.4, 0.5) is 0 Å². The third-order valence-corrected chi connectivity index (χ3v) is 5.10. The van der Waals surface area contributed by atoms with E-state index in [1.165, 1.54) is 22.3 Å². The number of fused-ring (bicyclic) bond motifs is 3. The van der Waals surface area contributed by atoms with Gasteiger partial charge in [-0.15, -0.1) is 0 Å². The molecule has 1 atom stereocenters. The van der Waals surface area contributed by atoms with Crippen molar-refractivity contribution >= 4 is 5.97 Å². The number of benzene rings is 2. The predicted molar refractivity (Wildman–Crippen MR) is 113 cm³/mol. The minimum atomic E-state index is -0.694. The van der Waals surface area contributed by atoms with Gasteiger partial charge in [-0.3, -0.25) is 4.79 Å². The summed E-state index contributed by atoms with van der Waals surface area (Å²) in [7, 11) is 0. The summed E-state index contributed by atoms with van der Waals surface area (Å²) < 4.78 is 16.4. The summed E-state index contributed by atoms with van der Waals surface area (Å²) in [4.78, 5) is 12.3. The van der Waals surface area contributed by atoms with Crippen molar-refractivity contribution in [1.82, 2.24) is 0 Å². The van der Waals surface area contributed by atoms with Gasteiger partial charge < -0.3 is 25.7 Å². The smallest absolute Gasteiger partial charge is 0.323 e. The molecule has 3 rings (SSSR count). The van der Waals surface area contributed by atoms with Crippen LogP contribution in [0.1, 0.15) is 29.9 Å². The Kier molecular flexibility index (Phi) is 8.19. The Labute approximate surface area is 172 Å². The highest BCUT2D eigenvalue weighted by Gasteiger charge is 2.29. The summed E-state index contributed by atoms with van der Waals surface area (Å²) in [6, 6.07) is 15.8. The molecule has 2 aromatic carbocycles. The Morgan fingerprint density at radius 1 is 0.897 bits per heavy atom. The topological polar surface area (TPSA) is 96.8 Å². The molecule has 0 radical (unpaired) electrons. The Balaban J connectivity index is 1.42. The van der Waals surface area contributed by atoms with Crippen molar-refractivity contribution in [1.29, 1.82) is 0 Å². The van der Waals surface area contributed by atoms with Crippen molar-refractivity contribution in [2.24, 2.45) is 11.5 Å². The van der Waals surface area contributed by atoms with E-state index >= 15 is 0 Å². The molecule has 0 heterocycles. The molecule has 6 heteroatoms. The molecule has 1 aliphatic rings. The molecule has 0 amide bonds. The number of carbonyl (C=O) groups excluding carboxylic acids is 1. The van der Waals surface area contributed by atoms with Gasteiger partial charge in [-0.1, -0.05) is 48.5 Å². The minimum Gasteiger partial charge on any atom is -0.464 e. The molecule has 0 saturated heterocycles. The quantitative estimate of drug-likeness (QED) is 0.421. The van der Waals surface area contributed by atoms with Gasteiger partial charge in [0.25, 0.3) is 0 Å². The van der Waals surface area contributed by atoms with E-state index in [-0.39, 0.29) is 12.5 Å². The monoisotopic (exact) mass is 398 g/mol. The largest absolute Gasteiger partial charge is 0.464 e. The molecule has 0 fully saturated rings. The first-order chi connectivity index (χ1) is 14.2. The average Bonchev–Trinajstić information content (AvgIpc) is 3.07. The van der Waals surface area contributed by atoms with Crippen molar-refractivity contribution in [3.63, 3.8) is 0 Å². The summed E-state index contributed by atoms with van der Waals surface area (Å²) in [5.74, 6) is -0.352. The van der Waals surface area contributed by atoms with E-state index in [2.05, 4.69) is 24.3 Å². The minimum absolute atomic E-state index is 0.0421. The highest BCUT2D eigenvalue weighted by atomic mass is 16.5. The van der Waals surface area contributed by atoms with Crippen LogP contribution in [0.5, 0.6) is 0 Å². The van der Waals surface area contributed by atoms with Crippen molar-refractivity contribution in [3.8, 4) is 11.1 Å². The predicted octanol–water partition coefficient (Wildman–Crippen LogP) is 2.44. The molecule has 29 heavy (non-hydrogen) atoms. The van der Waals surface area contributed by atoms with Gasteiger partial charge >= 0.3 is 5.97 Å². The van der Waals surface area contributed by atoms with Crippen LogP contribution in [0.3, 0.4) is 0 Å². The summed E-state index contributed by atoms with van der Waals surface area (Å²) in [5.41, 5.74) is 16.2. The highest BCUT2D eigenvalue weighted by molar-refractivity contribution is 5.79. The number of ether oxygens (including phenoxy) is 3. The van der Waals surface area contributed by atoms with Crippen LogP contribution in [0.25, 0.3) is 11.1 Å². The van der Waals surface area contributed by atoms with Crippen molar-refractivity contribution in [3.05, 3.63) is 59.7 Å². The average molecular weight is 399 g/mol. The lowest BCUT2D eigenvalue weighted by Gasteiger charge is -2.16. The Morgan fingerprint density at radius 2 is 1.48 bits per heavy atom. The lowest BCUT2D eigenvalue weighted by molar-refractivity contribution is -0.146. The molecule has 0 aromatic heterocycles. The van der Waals surface area contributed by atoms with Crippen LogP contribution in [0.2, 0.25) is 0 Å². The molecule has 4 N–H and O–H groups in total. The zero-order valence-corrected chi connectivity index (χ0v) is 16.7. The number of nitrogens with two attached hydrogens (primary N) is 2.